The molecule has 0 nitrogen and oxygen atoms in total. The monoisotopic (exact) mass is 394 g/mol. The predicted octanol–water partition coefficient (Wildman–Crippen LogP) is 6.69. The van der Waals surface area contributed by atoms with Crippen LogP contribution in [0, 0.1) is 0 Å². The first kappa shape index (κ1) is 16.1. The normalized spacial score (nSPS) is 21.8. The lowest BCUT2D eigenvalue weighted by Crippen LogP contribution is -2.40. The standard InChI is InChI=1S/C12H5Cl7/c13-8-7(6-4-2-1-3-5-6)9(14)11(16,17)12(18,19)10(8)15/h1-5H. The molecule has 0 atom stereocenters. The Morgan fingerprint density at radius 1 is 0.684 bits per heavy atom. The van der Waals surface area contributed by atoms with Gasteiger partial charge in [-0.3, -0.25) is 0 Å². The van der Waals surface area contributed by atoms with E-state index in [9.17, 15) is 0 Å². The third kappa shape index (κ3) is 2.51. The first-order valence-electron chi connectivity index (χ1n) is 4.98. The average molecular weight is 397 g/mol. The molecule has 7 heteroatoms. The smallest absolute Gasteiger partial charge is 0.0915 e. The molecular formula is C12H5Cl7. The van der Waals surface area contributed by atoms with E-state index in [0.717, 1.165) is 0 Å². The molecule has 1 aromatic carbocycles. The van der Waals surface area contributed by atoms with Crippen LogP contribution in [0.1, 0.15) is 5.56 Å². The Bertz CT molecular complexity index is 569. The molecule has 0 radical (unpaired) electrons. The molecule has 0 aromatic heterocycles. The third-order valence-corrected chi connectivity index (χ3v) is 6.72. The van der Waals surface area contributed by atoms with Crippen molar-refractivity contribution in [3.63, 3.8) is 0 Å². The molecule has 0 N–H and O–H groups in total. The summed E-state index contributed by atoms with van der Waals surface area (Å²) in [5.74, 6) is 0. The maximum atomic E-state index is 6.22. The second-order valence-electron chi connectivity index (χ2n) is 3.83. The van der Waals surface area contributed by atoms with Crippen LogP contribution in [-0.4, -0.2) is 8.67 Å². The number of benzene rings is 1. The van der Waals surface area contributed by atoms with Gasteiger partial charge in [0.25, 0.3) is 0 Å². The molecule has 1 aliphatic rings. The minimum atomic E-state index is -1.82. The number of halogens is 7. The molecule has 0 bridgehead atoms. The van der Waals surface area contributed by atoms with Gasteiger partial charge in [0.05, 0.1) is 15.1 Å². The fourth-order valence-corrected chi connectivity index (χ4v) is 3.66. The highest BCUT2D eigenvalue weighted by atomic mass is 35.5. The Morgan fingerprint density at radius 3 is 1.68 bits per heavy atom. The molecule has 1 aromatic rings. The molecule has 102 valence electrons. The topological polar surface area (TPSA) is 0 Å². The van der Waals surface area contributed by atoms with Crippen molar-refractivity contribution in [2.24, 2.45) is 0 Å². The van der Waals surface area contributed by atoms with Crippen molar-refractivity contribution in [1.82, 2.24) is 0 Å². The van der Waals surface area contributed by atoms with Crippen LogP contribution in [0.4, 0.5) is 0 Å². The summed E-state index contributed by atoms with van der Waals surface area (Å²) in [5.41, 5.74) is 1.13. The average Bonchev–Trinajstić information content (AvgIpc) is 2.37. The SMILES string of the molecule is ClC1=C(Cl)C(Cl)(Cl)C(Cl)(Cl)C(Cl)=C1c1ccccc1. The summed E-state index contributed by atoms with van der Waals surface area (Å²) in [5, 5.41) is 0.0898. The predicted molar refractivity (Wildman–Crippen MR) is 86.8 cm³/mol. The van der Waals surface area contributed by atoms with E-state index in [4.69, 9.17) is 81.2 Å². The Balaban J connectivity index is 2.74. The molecule has 0 heterocycles. The highest BCUT2D eigenvalue weighted by Gasteiger charge is 2.56. The third-order valence-electron chi connectivity index (χ3n) is 2.64. The molecule has 0 unspecified atom stereocenters. The second kappa shape index (κ2) is 5.50. The number of hydrogen-bond acceptors (Lipinski definition) is 0. The van der Waals surface area contributed by atoms with Crippen LogP contribution < -0.4 is 0 Å². The van der Waals surface area contributed by atoms with Gasteiger partial charge in [-0.25, -0.2) is 0 Å². The Labute approximate surface area is 145 Å². The molecule has 1 aliphatic carbocycles. The molecule has 19 heavy (non-hydrogen) atoms. The number of alkyl halides is 4. The van der Waals surface area contributed by atoms with Crippen LogP contribution in [0.5, 0.6) is 0 Å². The first-order valence-corrected chi connectivity index (χ1v) is 7.63. The molecule has 0 aliphatic heterocycles. The quantitative estimate of drug-likeness (QED) is 0.463. The summed E-state index contributed by atoms with van der Waals surface area (Å²) in [6, 6.07) is 9.07. The summed E-state index contributed by atoms with van der Waals surface area (Å²) in [7, 11) is 0. The zero-order valence-corrected chi connectivity index (χ0v) is 14.3. The number of hydrogen-bond donors (Lipinski definition) is 0. The fourth-order valence-electron chi connectivity index (χ4n) is 1.63. The molecule has 0 saturated heterocycles. The van der Waals surface area contributed by atoms with Gasteiger partial charge < -0.3 is 0 Å². The second-order valence-corrected chi connectivity index (χ2v) is 7.62. The van der Waals surface area contributed by atoms with Crippen molar-refractivity contribution in [3.05, 3.63) is 51.0 Å². The van der Waals surface area contributed by atoms with Crippen molar-refractivity contribution >= 4 is 86.8 Å². The van der Waals surface area contributed by atoms with E-state index >= 15 is 0 Å². The summed E-state index contributed by atoms with van der Waals surface area (Å²) in [6.45, 7) is 0. The van der Waals surface area contributed by atoms with Gasteiger partial charge in [0.1, 0.15) is 0 Å². The van der Waals surface area contributed by atoms with Gasteiger partial charge in [-0.2, -0.15) is 0 Å². The zero-order chi connectivity index (χ0) is 14.4. The lowest BCUT2D eigenvalue weighted by atomic mass is 9.97. The summed E-state index contributed by atoms with van der Waals surface area (Å²) < 4.78 is -3.61. The zero-order valence-electron chi connectivity index (χ0n) is 9.03. The minimum absolute atomic E-state index is 0.0291. The molecule has 2 rings (SSSR count). The Morgan fingerprint density at radius 2 is 1.16 bits per heavy atom. The first-order chi connectivity index (χ1) is 8.71. The van der Waals surface area contributed by atoms with Crippen molar-refractivity contribution in [2.45, 2.75) is 8.67 Å². The van der Waals surface area contributed by atoms with Gasteiger partial charge in [0.15, 0.2) is 8.67 Å². The van der Waals surface area contributed by atoms with Gasteiger partial charge in [-0.1, -0.05) is 112 Å². The van der Waals surface area contributed by atoms with Gasteiger partial charge in [0, 0.05) is 5.57 Å². The van der Waals surface area contributed by atoms with Crippen LogP contribution >= 0.6 is 81.2 Å². The van der Waals surface area contributed by atoms with Crippen molar-refractivity contribution in [2.75, 3.05) is 0 Å². The number of rotatable bonds is 1. The summed E-state index contributed by atoms with van der Waals surface area (Å²) >= 11 is 42.9. The van der Waals surface area contributed by atoms with Crippen molar-refractivity contribution < 1.29 is 0 Å². The Kier molecular flexibility index (Phi) is 4.66. The minimum Gasteiger partial charge on any atom is -0.0915 e. The highest BCUT2D eigenvalue weighted by molar-refractivity contribution is 6.72. The number of allylic oxidation sites excluding steroid dienone is 4. The molecule has 0 spiro atoms. The molecule has 0 saturated carbocycles. The molecule has 0 amide bonds. The van der Waals surface area contributed by atoms with E-state index in [-0.39, 0.29) is 15.1 Å². The van der Waals surface area contributed by atoms with Gasteiger partial charge in [0.2, 0.25) is 0 Å². The molecular weight excluding hydrogens is 392 g/mol. The lowest BCUT2D eigenvalue weighted by molar-refractivity contribution is 0.866. The van der Waals surface area contributed by atoms with E-state index in [1.54, 1.807) is 12.1 Å². The van der Waals surface area contributed by atoms with Gasteiger partial charge in [-0.05, 0) is 5.56 Å². The van der Waals surface area contributed by atoms with E-state index in [1.165, 1.54) is 0 Å². The van der Waals surface area contributed by atoms with Crippen LogP contribution in [0.25, 0.3) is 5.57 Å². The highest BCUT2D eigenvalue weighted by Crippen LogP contribution is 2.61. The van der Waals surface area contributed by atoms with Crippen LogP contribution in [0.15, 0.2) is 45.4 Å². The van der Waals surface area contributed by atoms with Crippen molar-refractivity contribution in [3.8, 4) is 0 Å². The lowest BCUT2D eigenvalue weighted by Gasteiger charge is -2.37. The van der Waals surface area contributed by atoms with E-state index < -0.39 is 8.67 Å². The maximum Gasteiger partial charge on any atom is 0.192 e. The van der Waals surface area contributed by atoms with E-state index in [2.05, 4.69) is 0 Å². The Hall–Kier alpha value is 0.730. The van der Waals surface area contributed by atoms with Crippen molar-refractivity contribution in [1.29, 1.82) is 0 Å². The maximum absolute atomic E-state index is 6.22. The van der Waals surface area contributed by atoms with Crippen LogP contribution in [-0.2, 0) is 0 Å². The van der Waals surface area contributed by atoms with E-state index in [0.29, 0.717) is 11.1 Å². The van der Waals surface area contributed by atoms with Gasteiger partial charge >= 0.3 is 0 Å². The van der Waals surface area contributed by atoms with Crippen LogP contribution in [0.3, 0.4) is 0 Å². The van der Waals surface area contributed by atoms with Crippen LogP contribution in [0.2, 0.25) is 0 Å². The fraction of sp³-hybridized carbons (Fsp3) is 0.167. The summed E-state index contributed by atoms with van der Waals surface area (Å²) in [4.78, 5) is 0. The van der Waals surface area contributed by atoms with Gasteiger partial charge in [-0.15, -0.1) is 0 Å². The van der Waals surface area contributed by atoms with E-state index in [1.807, 2.05) is 18.2 Å². The largest absolute Gasteiger partial charge is 0.192 e. The summed E-state index contributed by atoms with van der Waals surface area (Å²) in [6.07, 6.45) is 0. The molecule has 0 fully saturated rings.